The van der Waals surface area contributed by atoms with Gasteiger partial charge in [-0.3, -0.25) is 10.1 Å². The molecule has 2 aromatic rings. The fraction of sp³-hybridized carbons (Fsp3) is 0.200. The zero-order valence-electron chi connectivity index (χ0n) is 9.07. The molecule has 7 heteroatoms. The van der Waals surface area contributed by atoms with Crippen molar-refractivity contribution in [2.75, 3.05) is 0 Å². The van der Waals surface area contributed by atoms with Crippen molar-refractivity contribution in [1.82, 2.24) is 15.0 Å². The first-order valence-electron chi connectivity index (χ1n) is 4.90. The molecule has 0 saturated carbocycles. The number of rotatable bonds is 3. The van der Waals surface area contributed by atoms with E-state index in [4.69, 9.17) is 5.11 Å². The maximum atomic E-state index is 10.7. The molecule has 0 aliphatic carbocycles. The van der Waals surface area contributed by atoms with Gasteiger partial charge in [0.25, 0.3) is 5.69 Å². The van der Waals surface area contributed by atoms with Crippen molar-refractivity contribution in [1.29, 1.82) is 0 Å². The Kier molecular flexibility index (Phi) is 2.84. The summed E-state index contributed by atoms with van der Waals surface area (Å²) in [5, 5.41) is 27.3. The lowest BCUT2D eigenvalue weighted by molar-refractivity contribution is -0.384. The standard InChI is InChI=1S/C10H10N4O3/c1-7-10(6-15)11-12-13(7)8-3-2-4-9(5-8)14(16)17/h2-5,15H,6H2,1H3. The molecule has 0 aliphatic rings. The van der Waals surface area contributed by atoms with Crippen LogP contribution in [0.15, 0.2) is 24.3 Å². The summed E-state index contributed by atoms with van der Waals surface area (Å²) >= 11 is 0. The molecule has 0 atom stereocenters. The Morgan fingerprint density at radius 1 is 1.53 bits per heavy atom. The molecular formula is C10H10N4O3. The van der Waals surface area contributed by atoms with Crippen LogP contribution < -0.4 is 0 Å². The summed E-state index contributed by atoms with van der Waals surface area (Å²) in [7, 11) is 0. The number of aliphatic hydroxyl groups is 1. The number of non-ortho nitro benzene ring substituents is 1. The summed E-state index contributed by atoms with van der Waals surface area (Å²) in [5.74, 6) is 0. The van der Waals surface area contributed by atoms with Crippen molar-refractivity contribution < 1.29 is 10.0 Å². The Bertz CT molecular complexity index is 564. The highest BCUT2D eigenvalue weighted by molar-refractivity contribution is 5.43. The summed E-state index contributed by atoms with van der Waals surface area (Å²) in [5.41, 5.74) is 1.65. The van der Waals surface area contributed by atoms with Crippen LogP contribution in [0.4, 0.5) is 5.69 Å². The number of nitrogens with zero attached hydrogens (tertiary/aromatic N) is 4. The molecule has 0 unspecified atom stereocenters. The molecule has 7 nitrogen and oxygen atoms in total. The zero-order chi connectivity index (χ0) is 12.4. The first kappa shape index (κ1) is 11.2. The van der Waals surface area contributed by atoms with Crippen LogP contribution in [0.5, 0.6) is 0 Å². The van der Waals surface area contributed by atoms with E-state index < -0.39 is 4.92 Å². The SMILES string of the molecule is Cc1c(CO)nnn1-c1cccc([N+](=O)[O-])c1. The number of aromatic nitrogens is 3. The second-order valence-corrected chi connectivity index (χ2v) is 3.47. The fourth-order valence-electron chi connectivity index (χ4n) is 1.49. The lowest BCUT2D eigenvalue weighted by Gasteiger charge is -2.02. The number of hydrogen-bond acceptors (Lipinski definition) is 5. The van der Waals surface area contributed by atoms with Crippen molar-refractivity contribution in [3.8, 4) is 5.69 Å². The van der Waals surface area contributed by atoms with Crippen molar-refractivity contribution >= 4 is 5.69 Å². The van der Waals surface area contributed by atoms with E-state index in [1.54, 1.807) is 19.1 Å². The second-order valence-electron chi connectivity index (χ2n) is 3.47. The van der Waals surface area contributed by atoms with Crippen molar-refractivity contribution in [3.05, 3.63) is 45.8 Å². The van der Waals surface area contributed by atoms with Gasteiger partial charge in [-0.25, -0.2) is 4.68 Å². The molecule has 2 rings (SSSR count). The quantitative estimate of drug-likeness (QED) is 0.631. The van der Waals surface area contributed by atoms with E-state index in [2.05, 4.69) is 10.3 Å². The molecular weight excluding hydrogens is 224 g/mol. The summed E-state index contributed by atoms with van der Waals surface area (Å²) in [6.07, 6.45) is 0. The minimum atomic E-state index is -0.470. The van der Waals surface area contributed by atoms with Crippen molar-refractivity contribution in [3.63, 3.8) is 0 Å². The Morgan fingerprint density at radius 2 is 2.29 bits per heavy atom. The lowest BCUT2D eigenvalue weighted by atomic mass is 10.2. The molecule has 0 spiro atoms. The van der Waals surface area contributed by atoms with Gasteiger partial charge in [0.05, 0.1) is 22.9 Å². The Balaban J connectivity index is 2.49. The van der Waals surface area contributed by atoms with Crippen LogP contribution in [0.25, 0.3) is 5.69 Å². The molecule has 17 heavy (non-hydrogen) atoms. The summed E-state index contributed by atoms with van der Waals surface area (Å²) < 4.78 is 1.46. The zero-order valence-corrected chi connectivity index (χ0v) is 9.07. The maximum Gasteiger partial charge on any atom is 0.271 e. The van der Waals surface area contributed by atoms with Crippen LogP contribution in [-0.4, -0.2) is 25.0 Å². The average Bonchev–Trinajstić information content (AvgIpc) is 2.70. The van der Waals surface area contributed by atoms with Gasteiger partial charge in [0.2, 0.25) is 0 Å². The molecule has 0 aliphatic heterocycles. The van der Waals surface area contributed by atoms with Gasteiger partial charge in [0, 0.05) is 12.1 Å². The molecule has 1 aromatic carbocycles. The third-order valence-electron chi connectivity index (χ3n) is 2.43. The topological polar surface area (TPSA) is 94.1 Å². The van der Waals surface area contributed by atoms with Crippen molar-refractivity contribution in [2.45, 2.75) is 13.5 Å². The molecule has 1 heterocycles. The first-order chi connectivity index (χ1) is 8.13. The minimum absolute atomic E-state index is 0.0112. The van der Waals surface area contributed by atoms with Gasteiger partial charge in [-0.15, -0.1) is 5.10 Å². The van der Waals surface area contributed by atoms with Crippen LogP contribution in [-0.2, 0) is 6.61 Å². The van der Waals surface area contributed by atoms with Gasteiger partial charge in [0.15, 0.2) is 0 Å². The number of aliphatic hydroxyl groups excluding tert-OH is 1. The summed E-state index contributed by atoms with van der Waals surface area (Å²) in [6.45, 7) is 1.53. The van der Waals surface area contributed by atoms with Gasteiger partial charge in [-0.05, 0) is 13.0 Å². The van der Waals surface area contributed by atoms with Gasteiger partial charge in [-0.1, -0.05) is 11.3 Å². The summed E-state index contributed by atoms with van der Waals surface area (Å²) in [4.78, 5) is 10.2. The molecule has 1 aromatic heterocycles. The van der Waals surface area contributed by atoms with Crippen LogP contribution >= 0.6 is 0 Å². The van der Waals surface area contributed by atoms with Crippen LogP contribution in [0.1, 0.15) is 11.4 Å². The van der Waals surface area contributed by atoms with Gasteiger partial charge >= 0.3 is 0 Å². The molecule has 0 amide bonds. The van der Waals surface area contributed by atoms with E-state index in [0.717, 1.165) is 0 Å². The van der Waals surface area contributed by atoms with E-state index in [1.807, 2.05) is 0 Å². The number of benzene rings is 1. The third kappa shape index (κ3) is 2.00. The molecule has 0 radical (unpaired) electrons. The number of hydrogen-bond donors (Lipinski definition) is 1. The first-order valence-corrected chi connectivity index (χ1v) is 4.90. The molecule has 88 valence electrons. The lowest BCUT2D eigenvalue weighted by Crippen LogP contribution is -2.00. The van der Waals surface area contributed by atoms with E-state index in [9.17, 15) is 10.1 Å². The van der Waals surface area contributed by atoms with E-state index >= 15 is 0 Å². The predicted octanol–water partition coefficient (Wildman–Crippen LogP) is 0.976. The van der Waals surface area contributed by atoms with Crippen LogP contribution in [0, 0.1) is 17.0 Å². The minimum Gasteiger partial charge on any atom is -0.390 e. The summed E-state index contributed by atoms with van der Waals surface area (Å²) in [6, 6.07) is 6.08. The molecule has 0 fully saturated rings. The second kappa shape index (κ2) is 4.30. The fourth-order valence-corrected chi connectivity index (χ4v) is 1.49. The monoisotopic (exact) mass is 234 g/mol. The number of nitro benzene ring substituents is 1. The highest BCUT2D eigenvalue weighted by atomic mass is 16.6. The molecule has 1 N–H and O–H groups in total. The highest BCUT2D eigenvalue weighted by Crippen LogP contribution is 2.18. The highest BCUT2D eigenvalue weighted by Gasteiger charge is 2.12. The van der Waals surface area contributed by atoms with Gasteiger partial charge in [-0.2, -0.15) is 0 Å². The van der Waals surface area contributed by atoms with E-state index in [1.165, 1.54) is 16.8 Å². The molecule has 0 bridgehead atoms. The van der Waals surface area contributed by atoms with Crippen LogP contribution in [0.2, 0.25) is 0 Å². The Hall–Kier alpha value is -2.28. The Labute approximate surface area is 96.5 Å². The van der Waals surface area contributed by atoms with Crippen LogP contribution in [0.3, 0.4) is 0 Å². The third-order valence-corrected chi connectivity index (χ3v) is 2.43. The maximum absolute atomic E-state index is 10.7. The van der Waals surface area contributed by atoms with E-state index in [0.29, 0.717) is 17.1 Å². The van der Waals surface area contributed by atoms with E-state index in [-0.39, 0.29) is 12.3 Å². The van der Waals surface area contributed by atoms with Gasteiger partial charge < -0.3 is 5.11 Å². The van der Waals surface area contributed by atoms with Gasteiger partial charge in [0.1, 0.15) is 5.69 Å². The smallest absolute Gasteiger partial charge is 0.271 e. The largest absolute Gasteiger partial charge is 0.390 e. The van der Waals surface area contributed by atoms with Crippen molar-refractivity contribution in [2.24, 2.45) is 0 Å². The predicted molar refractivity (Wildman–Crippen MR) is 58.7 cm³/mol. The Morgan fingerprint density at radius 3 is 2.88 bits per heavy atom. The normalized spacial score (nSPS) is 10.5. The molecule has 0 saturated heterocycles. The average molecular weight is 234 g/mol. The number of nitro groups is 1.